The van der Waals surface area contributed by atoms with E-state index in [-0.39, 0.29) is 11.8 Å². The predicted octanol–water partition coefficient (Wildman–Crippen LogP) is 2.82. The number of ether oxygens (including phenoxy) is 2. The number of allylic oxidation sites excluding steroid dienone is 1. The molecule has 1 aliphatic heterocycles. The Morgan fingerprint density at radius 3 is 2.54 bits per heavy atom. The van der Waals surface area contributed by atoms with Crippen molar-refractivity contribution in [1.29, 1.82) is 0 Å². The van der Waals surface area contributed by atoms with E-state index < -0.39 is 6.04 Å². The molecule has 1 aromatic carbocycles. The lowest BCUT2D eigenvalue weighted by atomic mass is 10.1. The van der Waals surface area contributed by atoms with Crippen LogP contribution in [0, 0.1) is 0 Å². The van der Waals surface area contributed by atoms with Crippen LogP contribution < -0.4 is 19.7 Å². The fourth-order valence-electron chi connectivity index (χ4n) is 3.49. The maximum Gasteiger partial charge on any atom is 0.249 e. The van der Waals surface area contributed by atoms with Crippen molar-refractivity contribution in [2.45, 2.75) is 44.6 Å². The first-order chi connectivity index (χ1) is 12.6. The lowest BCUT2D eigenvalue weighted by Gasteiger charge is -2.19. The summed E-state index contributed by atoms with van der Waals surface area (Å²) in [6.07, 6.45) is 7.67. The highest BCUT2D eigenvalue weighted by Gasteiger charge is 2.34. The zero-order valence-electron chi connectivity index (χ0n) is 15.4. The molecule has 3 rings (SSSR count). The van der Waals surface area contributed by atoms with Gasteiger partial charge in [-0.2, -0.15) is 0 Å². The van der Waals surface area contributed by atoms with Crippen molar-refractivity contribution in [2.24, 2.45) is 0 Å². The van der Waals surface area contributed by atoms with Gasteiger partial charge in [0.05, 0.1) is 19.9 Å². The lowest BCUT2D eigenvalue weighted by Crippen LogP contribution is -2.42. The summed E-state index contributed by atoms with van der Waals surface area (Å²) in [7, 11) is 3.15. The number of anilines is 1. The summed E-state index contributed by atoms with van der Waals surface area (Å²) in [5, 5.41) is 2.92. The van der Waals surface area contributed by atoms with Crippen LogP contribution in [0.15, 0.2) is 29.8 Å². The molecule has 1 N–H and O–H groups in total. The second kappa shape index (κ2) is 8.25. The number of carbonyl (C=O) groups excluding carboxylic acids is 2. The van der Waals surface area contributed by atoms with Gasteiger partial charge in [0.25, 0.3) is 0 Å². The maximum atomic E-state index is 12.8. The highest BCUT2D eigenvalue weighted by Crippen LogP contribution is 2.31. The molecular formula is C20H26N2O4. The van der Waals surface area contributed by atoms with Gasteiger partial charge in [0, 0.05) is 30.3 Å². The molecule has 140 valence electrons. The lowest BCUT2D eigenvalue weighted by molar-refractivity contribution is -0.124. The van der Waals surface area contributed by atoms with Crippen LogP contribution in [0.3, 0.4) is 0 Å². The maximum absolute atomic E-state index is 12.8. The van der Waals surface area contributed by atoms with Crippen molar-refractivity contribution in [3.05, 3.63) is 29.8 Å². The van der Waals surface area contributed by atoms with Crippen LogP contribution in [0.2, 0.25) is 0 Å². The van der Waals surface area contributed by atoms with Crippen LogP contribution in [0.5, 0.6) is 11.5 Å². The molecule has 0 spiro atoms. The van der Waals surface area contributed by atoms with Crippen molar-refractivity contribution in [3.8, 4) is 11.5 Å². The summed E-state index contributed by atoms with van der Waals surface area (Å²) in [5.74, 6) is 1.06. The molecule has 1 atom stereocenters. The van der Waals surface area contributed by atoms with E-state index in [0.717, 1.165) is 43.4 Å². The minimum absolute atomic E-state index is 0.0946. The van der Waals surface area contributed by atoms with Crippen molar-refractivity contribution in [1.82, 2.24) is 5.32 Å². The van der Waals surface area contributed by atoms with E-state index >= 15 is 0 Å². The average Bonchev–Trinajstić information content (AvgIpc) is 2.87. The Balaban J connectivity index is 1.70. The van der Waals surface area contributed by atoms with Crippen molar-refractivity contribution < 1.29 is 19.1 Å². The fraction of sp³-hybridized carbons (Fsp3) is 0.500. The third kappa shape index (κ3) is 4.00. The molecule has 1 fully saturated rings. The van der Waals surface area contributed by atoms with E-state index in [1.54, 1.807) is 37.3 Å². The topological polar surface area (TPSA) is 67.9 Å². The third-order valence-electron chi connectivity index (χ3n) is 4.99. The second-order valence-corrected chi connectivity index (χ2v) is 6.70. The smallest absolute Gasteiger partial charge is 0.249 e. The Bertz CT molecular complexity index is 692. The number of benzene rings is 1. The van der Waals surface area contributed by atoms with E-state index in [9.17, 15) is 9.59 Å². The number of methoxy groups -OCH3 is 2. The summed E-state index contributed by atoms with van der Waals surface area (Å²) in [5.41, 5.74) is 1.54. The van der Waals surface area contributed by atoms with E-state index in [2.05, 4.69) is 5.32 Å². The van der Waals surface area contributed by atoms with Gasteiger partial charge in [-0.25, -0.2) is 0 Å². The molecule has 2 amide bonds. The highest BCUT2D eigenvalue weighted by molar-refractivity contribution is 6.03. The van der Waals surface area contributed by atoms with Crippen molar-refractivity contribution in [3.63, 3.8) is 0 Å². The van der Waals surface area contributed by atoms with Gasteiger partial charge in [0.15, 0.2) is 0 Å². The normalized spacial score (nSPS) is 20.4. The van der Waals surface area contributed by atoms with Crippen LogP contribution in [-0.4, -0.2) is 38.6 Å². The Hall–Kier alpha value is -2.50. The largest absolute Gasteiger partial charge is 0.497 e. The number of carbonyl (C=O) groups is 2. The monoisotopic (exact) mass is 358 g/mol. The van der Waals surface area contributed by atoms with Gasteiger partial charge in [0.1, 0.15) is 17.5 Å². The molecule has 1 unspecified atom stereocenters. The fourth-order valence-corrected chi connectivity index (χ4v) is 3.49. The molecule has 6 nitrogen and oxygen atoms in total. The molecule has 1 aromatic rings. The van der Waals surface area contributed by atoms with Gasteiger partial charge in [-0.05, 0) is 32.1 Å². The zero-order chi connectivity index (χ0) is 18.5. The number of hydrogen-bond donors (Lipinski definition) is 1. The molecular weight excluding hydrogens is 332 g/mol. The van der Waals surface area contributed by atoms with Gasteiger partial charge in [-0.15, -0.1) is 0 Å². The van der Waals surface area contributed by atoms with Gasteiger partial charge in [-0.3, -0.25) is 9.59 Å². The zero-order valence-corrected chi connectivity index (χ0v) is 15.4. The van der Waals surface area contributed by atoms with Crippen LogP contribution in [0.4, 0.5) is 5.69 Å². The van der Waals surface area contributed by atoms with Gasteiger partial charge >= 0.3 is 0 Å². The summed E-state index contributed by atoms with van der Waals surface area (Å²) in [4.78, 5) is 27.0. The number of nitrogens with one attached hydrogen (secondary N) is 1. The quantitative estimate of drug-likeness (QED) is 0.879. The predicted molar refractivity (Wildman–Crippen MR) is 99.6 cm³/mol. The van der Waals surface area contributed by atoms with Crippen LogP contribution in [0.25, 0.3) is 0 Å². The molecule has 0 saturated carbocycles. The molecule has 0 radical (unpaired) electrons. The number of amides is 2. The molecule has 2 aliphatic rings. The van der Waals surface area contributed by atoms with Crippen LogP contribution in [0.1, 0.15) is 38.5 Å². The number of rotatable bonds is 5. The molecule has 26 heavy (non-hydrogen) atoms. The van der Waals surface area contributed by atoms with Gasteiger partial charge < -0.3 is 19.7 Å². The first-order valence-corrected chi connectivity index (χ1v) is 9.16. The summed E-state index contributed by atoms with van der Waals surface area (Å²) in [6.45, 7) is 0.555. The molecule has 1 heterocycles. The molecule has 6 heteroatoms. The van der Waals surface area contributed by atoms with Crippen LogP contribution >= 0.6 is 0 Å². The number of hydrogen-bond acceptors (Lipinski definition) is 4. The van der Waals surface area contributed by atoms with E-state index in [4.69, 9.17) is 9.47 Å². The standard InChI is InChI=1S/C20H26N2O4/c1-25-16-11-15(12-17(13-16)26-2)22-10-9-18(20(22)24)21-19(23)14-7-5-3-4-6-8-14/h7,11-13,18H,3-6,8-10H2,1-2H3,(H,21,23). The Morgan fingerprint density at radius 1 is 1.12 bits per heavy atom. The van der Waals surface area contributed by atoms with Gasteiger partial charge in [-0.1, -0.05) is 12.5 Å². The first-order valence-electron chi connectivity index (χ1n) is 9.16. The SMILES string of the molecule is COc1cc(OC)cc(N2CCC(NC(=O)C3=CCCCCC3)C2=O)c1. The van der Waals surface area contributed by atoms with E-state index in [0.29, 0.717) is 24.5 Å². The third-order valence-corrected chi connectivity index (χ3v) is 4.99. The molecule has 1 aliphatic carbocycles. The van der Waals surface area contributed by atoms with Crippen molar-refractivity contribution in [2.75, 3.05) is 25.7 Å². The molecule has 1 saturated heterocycles. The van der Waals surface area contributed by atoms with E-state index in [1.807, 2.05) is 6.08 Å². The summed E-state index contributed by atoms with van der Waals surface area (Å²) in [6, 6.07) is 4.89. The molecule has 0 bridgehead atoms. The first kappa shape index (κ1) is 18.3. The number of nitrogens with zero attached hydrogens (tertiary/aromatic N) is 1. The Kier molecular flexibility index (Phi) is 5.81. The van der Waals surface area contributed by atoms with E-state index in [1.165, 1.54) is 0 Å². The Morgan fingerprint density at radius 2 is 1.85 bits per heavy atom. The van der Waals surface area contributed by atoms with Crippen molar-refractivity contribution >= 4 is 17.5 Å². The minimum atomic E-state index is -0.483. The Labute approximate surface area is 154 Å². The highest BCUT2D eigenvalue weighted by atomic mass is 16.5. The minimum Gasteiger partial charge on any atom is -0.497 e. The van der Waals surface area contributed by atoms with Gasteiger partial charge in [0.2, 0.25) is 11.8 Å². The molecule has 0 aromatic heterocycles. The van der Waals surface area contributed by atoms with Crippen LogP contribution in [-0.2, 0) is 9.59 Å². The summed E-state index contributed by atoms with van der Waals surface area (Å²) >= 11 is 0. The summed E-state index contributed by atoms with van der Waals surface area (Å²) < 4.78 is 10.6. The average molecular weight is 358 g/mol. The second-order valence-electron chi connectivity index (χ2n) is 6.70.